The first-order valence-electron chi connectivity index (χ1n) is 7.44. The minimum absolute atomic E-state index is 0.207. The zero-order valence-electron chi connectivity index (χ0n) is 13.7. The zero-order chi connectivity index (χ0) is 18.0. The van der Waals surface area contributed by atoms with Crippen molar-refractivity contribution < 1.29 is 17.9 Å². The lowest BCUT2D eigenvalue weighted by molar-refractivity contribution is 0.0601. The Balaban J connectivity index is 2.11. The number of rotatable bonds is 4. The summed E-state index contributed by atoms with van der Waals surface area (Å²) in [5.74, 6) is -0.510. The highest BCUT2D eigenvalue weighted by molar-refractivity contribution is 7.90. The molecule has 0 aliphatic carbocycles. The predicted octanol–water partition coefficient (Wildman–Crippen LogP) is 2.73. The Morgan fingerprint density at radius 3 is 2.24 bits per heavy atom. The van der Waals surface area contributed by atoms with Gasteiger partial charge in [-0.1, -0.05) is 30.3 Å². The Morgan fingerprint density at radius 2 is 1.68 bits per heavy atom. The molecule has 0 bridgehead atoms. The number of carbonyl (C=O) groups excluding carboxylic acids is 1. The van der Waals surface area contributed by atoms with E-state index >= 15 is 0 Å². The molecule has 3 aromatic rings. The maximum Gasteiger partial charge on any atom is 0.341 e. The minimum atomic E-state index is -3.29. The molecule has 2 aromatic carbocycles. The van der Waals surface area contributed by atoms with Crippen LogP contribution in [0.4, 0.5) is 0 Å². The second-order valence-electron chi connectivity index (χ2n) is 5.46. The first-order valence-corrected chi connectivity index (χ1v) is 9.33. The number of benzene rings is 2. The summed E-state index contributed by atoms with van der Waals surface area (Å²) in [4.78, 5) is 12.3. The molecule has 1 heterocycles. The molecular weight excluding hydrogens is 340 g/mol. The molecule has 3 rings (SSSR count). The third-order valence-corrected chi connectivity index (χ3v) is 4.82. The lowest BCUT2D eigenvalue weighted by Gasteiger charge is -2.03. The molecule has 128 valence electrons. The SMILES string of the molecule is COC(=O)c1cn(-c2ccccc2)nc1-c1ccc(S(C)(=O)=O)cc1. The monoisotopic (exact) mass is 356 g/mol. The molecule has 0 atom stereocenters. The van der Waals surface area contributed by atoms with Gasteiger partial charge in [-0.25, -0.2) is 17.9 Å². The summed E-state index contributed by atoms with van der Waals surface area (Å²) in [5.41, 5.74) is 2.16. The number of methoxy groups -OCH3 is 1. The highest BCUT2D eigenvalue weighted by Gasteiger charge is 2.19. The van der Waals surface area contributed by atoms with Crippen molar-refractivity contribution in [3.63, 3.8) is 0 Å². The summed E-state index contributed by atoms with van der Waals surface area (Å²) in [6, 6.07) is 15.6. The minimum Gasteiger partial charge on any atom is -0.465 e. The van der Waals surface area contributed by atoms with Gasteiger partial charge < -0.3 is 4.74 Å². The molecule has 0 amide bonds. The molecule has 25 heavy (non-hydrogen) atoms. The smallest absolute Gasteiger partial charge is 0.341 e. The standard InChI is InChI=1S/C18H16N2O4S/c1-24-18(21)16-12-20(14-6-4-3-5-7-14)19-17(16)13-8-10-15(11-9-13)25(2,22)23/h3-12H,1-2H3. The molecule has 0 saturated carbocycles. The first kappa shape index (κ1) is 16.9. The Morgan fingerprint density at radius 1 is 1.04 bits per heavy atom. The summed E-state index contributed by atoms with van der Waals surface area (Å²) >= 11 is 0. The van der Waals surface area contributed by atoms with Crippen molar-refractivity contribution in [2.75, 3.05) is 13.4 Å². The van der Waals surface area contributed by atoms with Crippen LogP contribution in [0.2, 0.25) is 0 Å². The number of hydrogen-bond donors (Lipinski definition) is 0. The van der Waals surface area contributed by atoms with E-state index in [2.05, 4.69) is 5.10 Å². The molecule has 7 heteroatoms. The van der Waals surface area contributed by atoms with Gasteiger partial charge in [-0.15, -0.1) is 0 Å². The molecule has 0 unspecified atom stereocenters. The summed E-state index contributed by atoms with van der Waals surface area (Å²) in [6.45, 7) is 0. The molecule has 0 aliphatic heterocycles. The van der Waals surface area contributed by atoms with Crippen molar-refractivity contribution in [1.82, 2.24) is 9.78 Å². The average Bonchev–Trinajstić information content (AvgIpc) is 3.06. The fourth-order valence-electron chi connectivity index (χ4n) is 2.42. The van der Waals surface area contributed by atoms with E-state index in [0.29, 0.717) is 16.8 Å². The van der Waals surface area contributed by atoms with Gasteiger partial charge in [0.05, 0.1) is 17.7 Å². The number of esters is 1. The quantitative estimate of drug-likeness (QED) is 0.672. The van der Waals surface area contributed by atoms with Gasteiger partial charge in [0.25, 0.3) is 0 Å². The van der Waals surface area contributed by atoms with Crippen LogP contribution in [-0.4, -0.2) is 37.5 Å². The number of aromatic nitrogens is 2. The van der Waals surface area contributed by atoms with Crippen LogP contribution in [0.15, 0.2) is 65.7 Å². The molecule has 6 nitrogen and oxygen atoms in total. The highest BCUT2D eigenvalue weighted by Crippen LogP contribution is 2.25. The Bertz CT molecular complexity index is 1010. The van der Waals surface area contributed by atoms with Crippen molar-refractivity contribution in [3.8, 4) is 16.9 Å². The summed E-state index contributed by atoms with van der Waals surface area (Å²) in [6.07, 6.45) is 2.74. The average molecular weight is 356 g/mol. The van der Waals surface area contributed by atoms with E-state index in [0.717, 1.165) is 11.9 Å². The molecule has 0 fully saturated rings. The second-order valence-corrected chi connectivity index (χ2v) is 7.48. The lowest BCUT2D eigenvalue weighted by atomic mass is 10.1. The van der Waals surface area contributed by atoms with Gasteiger partial charge in [0, 0.05) is 18.0 Å². The predicted molar refractivity (Wildman–Crippen MR) is 93.4 cm³/mol. The van der Waals surface area contributed by atoms with Crippen LogP contribution in [0.5, 0.6) is 0 Å². The largest absolute Gasteiger partial charge is 0.465 e. The van der Waals surface area contributed by atoms with E-state index in [1.54, 1.807) is 23.0 Å². The van der Waals surface area contributed by atoms with Crippen LogP contribution in [-0.2, 0) is 14.6 Å². The number of sulfone groups is 1. The fourth-order valence-corrected chi connectivity index (χ4v) is 3.05. The van der Waals surface area contributed by atoms with Crippen molar-refractivity contribution >= 4 is 15.8 Å². The van der Waals surface area contributed by atoms with E-state index in [9.17, 15) is 13.2 Å². The summed E-state index contributed by atoms with van der Waals surface area (Å²) in [7, 11) is -1.98. The third kappa shape index (κ3) is 3.46. The maximum atomic E-state index is 12.1. The van der Waals surface area contributed by atoms with Crippen LogP contribution in [0.3, 0.4) is 0 Å². The van der Waals surface area contributed by atoms with Gasteiger partial charge in [0.1, 0.15) is 11.3 Å². The van der Waals surface area contributed by atoms with Crippen molar-refractivity contribution in [2.45, 2.75) is 4.90 Å². The van der Waals surface area contributed by atoms with Crippen LogP contribution in [0, 0.1) is 0 Å². The molecule has 0 saturated heterocycles. The van der Waals surface area contributed by atoms with Gasteiger partial charge in [0.15, 0.2) is 9.84 Å². The van der Waals surface area contributed by atoms with Gasteiger partial charge >= 0.3 is 5.97 Å². The van der Waals surface area contributed by atoms with E-state index in [1.165, 1.54) is 19.2 Å². The topological polar surface area (TPSA) is 78.3 Å². The number of hydrogen-bond acceptors (Lipinski definition) is 5. The Labute approximate surface area is 145 Å². The molecule has 0 N–H and O–H groups in total. The summed E-state index contributed by atoms with van der Waals surface area (Å²) in [5, 5.41) is 4.48. The van der Waals surface area contributed by atoms with E-state index in [-0.39, 0.29) is 4.90 Å². The fraction of sp³-hybridized carbons (Fsp3) is 0.111. The van der Waals surface area contributed by atoms with Gasteiger partial charge in [-0.05, 0) is 24.3 Å². The van der Waals surface area contributed by atoms with Crippen LogP contribution in [0.25, 0.3) is 16.9 Å². The maximum absolute atomic E-state index is 12.1. The van der Waals surface area contributed by atoms with E-state index in [1.807, 2.05) is 30.3 Å². The van der Waals surface area contributed by atoms with Gasteiger partial charge in [-0.2, -0.15) is 5.10 Å². The normalized spacial score (nSPS) is 11.3. The lowest BCUT2D eigenvalue weighted by Crippen LogP contribution is -2.02. The molecule has 0 spiro atoms. The summed E-state index contributed by atoms with van der Waals surface area (Å²) < 4.78 is 29.6. The van der Waals surface area contributed by atoms with Crippen LogP contribution >= 0.6 is 0 Å². The Hall–Kier alpha value is -2.93. The number of para-hydroxylation sites is 1. The van der Waals surface area contributed by atoms with Gasteiger partial charge in [-0.3, -0.25) is 0 Å². The van der Waals surface area contributed by atoms with E-state index in [4.69, 9.17) is 4.74 Å². The number of carbonyl (C=O) groups is 1. The molecule has 0 radical (unpaired) electrons. The van der Waals surface area contributed by atoms with Gasteiger partial charge in [0.2, 0.25) is 0 Å². The second kappa shape index (κ2) is 6.52. The van der Waals surface area contributed by atoms with Crippen LogP contribution < -0.4 is 0 Å². The first-order chi connectivity index (χ1) is 11.9. The number of ether oxygens (including phenoxy) is 1. The van der Waals surface area contributed by atoms with Crippen LogP contribution in [0.1, 0.15) is 10.4 Å². The Kier molecular flexibility index (Phi) is 4.41. The molecule has 1 aromatic heterocycles. The van der Waals surface area contributed by atoms with Crippen molar-refractivity contribution in [3.05, 3.63) is 66.4 Å². The van der Waals surface area contributed by atoms with Crippen molar-refractivity contribution in [1.29, 1.82) is 0 Å². The molecular formula is C18H16N2O4S. The van der Waals surface area contributed by atoms with E-state index < -0.39 is 15.8 Å². The highest BCUT2D eigenvalue weighted by atomic mass is 32.2. The zero-order valence-corrected chi connectivity index (χ0v) is 14.5. The molecule has 0 aliphatic rings. The third-order valence-electron chi connectivity index (χ3n) is 3.70. The number of nitrogens with zero attached hydrogens (tertiary/aromatic N) is 2. The van der Waals surface area contributed by atoms with Crippen molar-refractivity contribution in [2.24, 2.45) is 0 Å².